The van der Waals surface area contributed by atoms with E-state index in [0.717, 1.165) is 30.8 Å². The summed E-state index contributed by atoms with van der Waals surface area (Å²) in [6.45, 7) is 8.53. The van der Waals surface area contributed by atoms with E-state index in [1.165, 1.54) is 0 Å². The van der Waals surface area contributed by atoms with Crippen LogP contribution in [0.4, 0.5) is 0 Å². The zero-order valence-electron chi connectivity index (χ0n) is 15.6. The van der Waals surface area contributed by atoms with Crippen LogP contribution >= 0.6 is 24.0 Å². The van der Waals surface area contributed by atoms with E-state index in [4.69, 9.17) is 9.47 Å². The number of nitrogens with zero attached hydrogens (tertiary/aromatic N) is 1. The molecule has 0 fully saturated rings. The fourth-order valence-electron chi connectivity index (χ4n) is 2.09. The average molecular weight is 465 g/mol. The van der Waals surface area contributed by atoms with Crippen molar-refractivity contribution in [3.63, 3.8) is 0 Å². The highest BCUT2D eigenvalue weighted by Gasteiger charge is 2.08. The summed E-state index contributed by atoms with van der Waals surface area (Å²) in [6.07, 6.45) is 0.394. The van der Waals surface area contributed by atoms with E-state index in [-0.39, 0.29) is 30.1 Å². The first-order valence-electron chi connectivity index (χ1n) is 8.52. The predicted molar refractivity (Wildman–Crippen MR) is 113 cm³/mol. The largest absolute Gasteiger partial charge is 0.491 e. The Bertz CT molecular complexity index is 481. The van der Waals surface area contributed by atoms with Crippen molar-refractivity contribution in [2.24, 2.45) is 4.99 Å². The molecular weight excluding hydrogens is 433 g/mol. The van der Waals surface area contributed by atoms with Gasteiger partial charge in [-0.2, -0.15) is 0 Å². The number of benzene rings is 1. The maximum absolute atomic E-state index is 10.3. The van der Waals surface area contributed by atoms with Gasteiger partial charge in [0.25, 0.3) is 0 Å². The zero-order chi connectivity index (χ0) is 17.8. The highest BCUT2D eigenvalue weighted by atomic mass is 127. The maximum atomic E-state index is 10.3. The van der Waals surface area contributed by atoms with Crippen molar-refractivity contribution >= 4 is 29.9 Å². The molecular formula is C18H32IN3O3. The van der Waals surface area contributed by atoms with Crippen molar-refractivity contribution in [2.75, 3.05) is 33.4 Å². The summed E-state index contributed by atoms with van der Waals surface area (Å²) >= 11 is 0. The van der Waals surface area contributed by atoms with Crippen molar-refractivity contribution in [2.45, 2.75) is 39.4 Å². The molecule has 25 heavy (non-hydrogen) atoms. The minimum Gasteiger partial charge on any atom is -0.491 e. The average Bonchev–Trinajstić information content (AvgIpc) is 2.56. The lowest BCUT2D eigenvalue weighted by Gasteiger charge is -2.14. The summed E-state index contributed by atoms with van der Waals surface area (Å²) < 4.78 is 10.6. The van der Waals surface area contributed by atoms with Crippen molar-refractivity contribution in [3.8, 4) is 5.75 Å². The Morgan fingerprint density at radius 2 is 1.88 bits per heavy atom. The summed E-state index contributed by atoms with van der Waals surface area (Å²) in [5, 5.41) is 16.7. The molecule has 7 heteroatoms. The monoisotopic (exact) mass is 465 g/mol. The van der Waals surface area contributed by atoms with Crippen LogP contribution in [0.2, 0.25) is 0 Å². The van der Waals surface area contributed by atoms with Gasteiger partial charge < -0.3 is 25.2 Å². The number of rotatable bonds is 10. The molecule has 6 nitrogen and oxygen atoms in total. The molecule has 0 aliphatic heterocycles. The van der Waals surface area contributed by atoms with Gasteiger partial charge in [0.1, 0.15) is 5.75 Å². The highest BCUT2D eigenvalue weighted by Crippen LogP contribution is 2.19. The molecule has 3 N–H and O–H groups in total. The number of methoxy groups -OCH3 is 1. The third-order valence-electron chi connectivity index (χ3n) is 3.22. The van der Waals surface area contributed by atoms with Gasteiger partial charge in [-0.15, -0.1) is 24.0 Å². The third-order valence-corrected chi connectivity index (χ3v) is 3.22. The van der Waals surface area contributed by atoms with Crippen LogP contribution in [0.3, 0.4) is 0 Å². The molecule has 0 heterocycles. The number of ether oxygens (including phenoxy) is 2. The Hall–Kier alpha value is -1.06. The molecule has 0 amide bonds. The number of halogens is 1. The van der Waals surface area contributed by atoms with Gasteiger partial charge in [-0.05, 0) is 44.9 Å². The van der Waals surface area contributed by atoms with Gasteiger partial charge in [0.15, 0.2) is 5.96 Å². The summed E-state index contributed by atoms with van der Waals surface area (Å²) in [6, 6.07) is 7.49. The van der Waals surface area contributed by atoms with Crippen molar-refractivity contribution in [1.82, 2.24) is 10.6 Å². The fraction of sp³-hybridized carbons (Fsp3) is 0.611. The van der Waals surface area contributed by atoms with Gasteiger partial charge in [0.05, 0.1) is 18.8 Å². The van der Waals surface area contributed by atoms with Crippen LogP contribution in [0, 0.1) is 0 Å². The van der Waals surface area contributed by atoms with E-state index in [1.807, 2.05) is 45.0 Å². The molecule has 0 saturated carbocycles. The standard InChI is InChI=1S/C18H31N3O3.HI/c1-5-19-18(20-11-6-12-23-4)21-13-17(22)15-7-9-16(10-8-15)24-14(2)3;/h7-10,14,17,22H,5-6,11-13H2,1-4H3,(H2,19,20,21);1H. The van der Waals surface area contributed by atoms with Gasteiger partial charge in [-0.1, -0.05) is 12.1 Å². The lowest BCUT2D eigenvalue weighted by atomic mass is 10.1. The van der Waals surface area contributed by atoms with E-state index in [1.54, 1.807) is 7.11 Å². The quantitative estimate of drug-likeness (QED) is 0.215. The Labute approximate surface area is 168 Å². The van der Waals surface area contributed by atoms with Crippen molar-refractivity contribution in [3.05, 3.63) is 29.8 Å². The zero-order valence-corrected chi connectivity index (χ0v) is 17.9. The van der Waals surface area contributed by atoms with Gasteiger partial charge in [0.2, 0.25) is 0 Å². The van der Waals surface area contributed by atoms with E-state index in [0.29, 0.717) is 19.1 Å². The molecule has 0 spiro atoms. The summed E-state index contributed by atoms with van der Waals surface area (Å²) in [5.41, 5.74) is 0.824. The molecule has 0 aromatic heterocycles. The minimum absolute atomic E-state index is 0. The lowest BCUT2D eigenvalue weighted by molar-refractivity contribution is 0.186. The van der Waals surface area contributed by atoms with Gasteiger partial charge in [-0.25, -0.2) is 0 Å². The highest BCUT2D eigenvalue weighted by molar-refractivity contribution is 14.0. The second kappa shape index (κ2) is 14.1. The maximum Gasteiger partial charge on any atom is 0.191 e. The molecule has 1 atom stereocenters. The molecule has 0 aliphatic rings. The molecule has 1 aromatic rings. The van der Waals surface area contributed by atoms with E-state index in [2.05, 4.69) is 15.6 Å². The minimum atomic E-state index is -0.646. The summed E-state index contributed by atoms with van der Waals surface area (Å²) in [7, 11) is 1.69. The number of hydrogen-bond acceptors (Lipinski definition) is 4. The number of guanidine groups is 1. The van der Waals surface area contributed by atoms with Crippen molar-refractivity contribution in [1.29, 1.82) is 0 Å². The first-order chi connectivity index (χ1) is 11.6. The van der Waals surface area contributed by atoms with Crippen LogP contribution in [0.5, 0.6) is 5.75 Å². The SMILES string of the molecule is CCNC(=NCC(O)c1ccc(OC(C)C)cc1)NCCCOC.I. The number of aliphatic hydroxyl groups is 1. The molecule has 0 bridgehead atoms. The summed E-state index contributed by atoms with van der Waals surface area (Å²) in [5.74, 6) is 1.50. The topological polar surface area (TPSA) is 75.1 Å². The van der Waals surface area contributed by atoms with Crippen LogP contribution in [-0.4, -0.2) is 50.5 Å². The lowest BCUT2D eigenvalue weighted by Crippen LogP contribution is -2.38. The van der Waals surface area contributed by atoms with Gasteiger partial charge >= 0.3 is 0 Å². The molecule has 1 aromatic carbocycles. The van der Waals surface area contributed by atoms with Crippen LogP contribution in [-0.2, 0) is 4.74 Å². The van der Waals surface area contributed by atoms with E-state index >= 15 is 0 Å². The number of hydrogen-bond donors (Lipinski definition) is 3. The second-order valence-corrected chi connectivity index (χ2v) is 5.74. The van der Waals surface area contributed by atoms with Crippen LogP contribution in [0.1, 0.15) is 38.9 Å². The Kier molecular flexibility index (Phi) is 13.5. The van der Waals surface area contributed by atoms with Crippen molar-refractivity contribution < 1.29 is 14.6 Å². The molecule has 0 aliphatic carbocycles. The molecule has 0 radical (unpaired) electrons. The fourth-order valence-corrected chi connectivity index (χ4v) is 2.09. The number of aliphatic hydroxyl groups excluding tert-OH is 1. The van der Waals surface area contributed by atoms with E-state index in [9.17, 15) is 5.11 Å². The first-order valence-corrected chi connectivity index (χ1v) is 8.52. The smallest absolute Gasteiger partial charge is 0.191 e. The first kappa shape index (κ1) is 23.9. The summed E-state index contributed by atoms with van der Waals surface area (Å²) in [4.78, 5) is 4.43. The number of aliphatic imine (C=N–C) groups is 1. The van der Waals surface area contributed by atoms with Gasteiger partial charge in [-0.3, -0.25) is 4.99 Å². The molecule has 1 rings (SSSR count). The molecule has 1 unspecified atom stereocenters. The van der Waals surface area contributed by atoms with E-state index < -0.39 is 6.10 Å². The van der Waals surface area contributed by atoms with Crippen LogP contribution < -0.4 is 15.4 Å². The third kappa shape index (κ3) is 10.5. The molecule has 144 valence electrons. The predicted octanol–water partition coefficient (Wildman–Crippen LogP) is 2.72. The normalized spacial score (nSPS) is 12.5. The second-order valence-electron chi connectivity index (χ2n) is 5.74. The number of nitrogens with one attached hydrogen (secondary N) is 2. The van der Waals surface area contributed by atoms with Gasteiger partial charge in [0, 0.05) is 26.8 Å². The Morgan fingerprint density at radius 3 is 2.44 bits per heavy atom. The molecule has 0 saturated heterocycles. The van der Waals surface area contributed by atoms with Crippen LogP contribution in [0.15, 0.2) is 29.3 Å². The van der Waals surface area contributed by atoms with Crippen LogP contribution in [0.25, 0.3) is 0 Å². The Morgan fingerprint density at radius 1 is 1.20 bits per heavy atom. The Balaban J connectivity index is 0.00000576.